The second kappa shape index (κ2) is 16.0. The molecule has 2 aromatic carbocycles. The zero-order valence-corrected chi connectivity index (χ0v) is 21.9. The zero-order valence-electron chi connectivity index (χ0n) is 21.2. The van der Waals surface area contributed by atoms with E-state index < -0.39 is 12.1 Å². The molecule has 0 aliphatic heterocycles. The van der Waals surface area contributed by atoms with E-state index in [1.54, 1.807) is 47.3 Å². The Morgan fingerprint density at radius 2 is 1.81 bits per heavy atom. The van der Waals surface area contributed by atoms with Gasteiger partial charge in [0.25, 0.3) is 0 Å². The van der Waals surface area contributed by atoms with Gasteiger partial charge in [-0.25, -0.2) is 14.3 Å². The highest BCUT2D eigenvalue weighted by molar-refractivity contribution is 6.30. The predicted octanol–water partition coefficient (Wildman–Crippen LogP) is 6.45. The van der Waals surface area contributed by atoms with Crippen molar-refractivity contribution in [3.8, 4) is 11.6 Å². The molecule has 1 amide bonds. The van der Waals surface area contributed by atoms with Crippen molar-refractivity contribution >= 4 is 29.4 Å². The number of allylic oxidation sites excluding steroid dienone is 1. The number of carbonyl (C=O) groups excluding carboxylic acids is 1. The molecule has 198 valence electrons. The molecular formula is C27H32ClN3O6. The summed E-state index contributed by atoms with van der Waals surface area (Å²) in [5.74, 6) is -0.404. The van der Waals surface area contributed by atoms with Crippen molar-refractivity contribution in [2.75, 3.05) is 19.3 Å². The van der Waals surface area contributed by atoms with E-state index in [9.17, 15) is 9.59 Å². The van der Waals surface area contributed by atoms with Crippen LogP contribution in [-0.2, 0) is 21.0 Å². The molecular weight excluding hydrogens is 498 g/mol. The molecule has 37 heavy (non-hydrogen) atoms. The van der Waals surface area contributed by atoms with E-state index in [0.29, 0.717) is 16.6 Å². The molecule has 0 aliphatic carbocycles. The quantitative estimate of drug-likeness (QED) is 0.173. The van der Waals surface area contributed by atoms with Crippen LogP contribution in [0.5, 0.6) is 5.88 Å². The van der Waals surface area contributed by atoms with Crippen LogP contribution in [0.3, 0.4) is 0 Å². The predicted molar refractivity (Wildman–Crippen MR) is 142 cm³/mol. The minimum atomic E-state index is -0.850. The van der Waals surface area contributed by atoms with Gasteiger partial charge in [0.15, 0.2) is 0 Å². The highest BCUT2D eigenvalue weighted by Gasteiger charge is 2.19. The standard InChI is InChI=1S/C19H18ClN3O4.C8H14O2/c1-25-19(24)23(26-2)17-6-4-3-5-14(17)13-27-18-11-12-22(21-18)16-9-7-15(20)8-10-16;1-2-3-4-5-6-7-8(9)10/h3-12H,13H2,1-2H3;6-7H,2-5H2,1H3,(H,9,10)/b;7-6+. The van der Waals surface area contributed by atoms with Crippen molar-refractivity contribution in [3.05, 3.63) is 83.5 Å². The van der Waals surface area contributed by atoms with Gasteiger partial charge >= 0.3 is 12.1 Å². The number of carboxylic acid groups (broad SMARTS) is 1. The van der Waals surface area contributed by atoms with Crippen LogP contribution >= 0.6 is 11.6 Å². The van der Waals surface area contributed by atoms with E-state index in [2.05, 4.69) is 12.0 Å². The first-order valence-electron chi connectivity index (χ1n) is 11.7. The topological polar surface area (TPSA) is 103 Å². The van der Waals surface area contributed by atoms with E-state index in [1.165, 1.54) is 33.1 Å². The molecule has 0 atom stereocenters. The molecule has 9 nitrogen and oxygen atoms in total. The molecule has 1 aromatic heterocycles. The highest BCUT2D eigenvalue weighted by Crippen LogP contribution is 2.23. The first-order valence-corrected chi connectivity index (χ1v) is 12.1. The largest absolute Gasteiger partial charge is 0.478 e. The molecule has 0 bridgehead atoms. The van der Waals surface area contributed by atoms with Crippen molar-refractivity contribution < 1.29 is 29.0 Å². The first kappa shape index (κ1) is 29.4. The molecule has 1 heterocycles. The van der Waals surface area contributed by atoms with Gasteiger partial charge in [-0.3, -0.25) is 4.84 Å². The van der Waals surface area contributed by atoms with Crippen LogP contribution in [0.4, 0.5) is 10.5 Å². The highest BCUT2D eigenvalue weighted by atomic mass is 35.5. The number of aliphatic carboxylic acids is 1. The molecule has 10 heteroatoms. The molecule has 0 aliphatic rings. The Morgan fingerprint density at radius 3 is 2.46 bits per heavy atom. The summed E-state index contributed by atoms with van der Waals surface area (Å²) in [6.45, 7) is 2.32. The third kappa shape index (κ3) is 9.98. The molecule has 3 aromatic rings. The number of rotatable bonds is 11. The fraction of sp³-hybridized carbons (Fsp3) is 0.296. The summed E-state index contributed by atoms with van der Waals surface area (Å²) in [6.07, 6.45) is 8.43. The number of benzene rings is 2. The number of carbonyl (C=O) groups is 2. The summed E-state index contributed by atoms with van der Waals surface area (Å²) in [7, 11) is 2.68. The summed E-state index contributed by atoms with van der Waals surface area (Å²) in [5, 5.41) is 14.3. The third-order valence-electron chi connectivity index (χ3n) is 5.00. The summed E-state index contributed by atoms with van der Waals surface area (Å²) >= 11 is 5.91. The van der Waals surface area contributed by atoms with Crippen LogP contribution in [-0.4, -0.2) is 41.2 Å². The van der Waals surface area contributed by atoms with E-state index >= 15 is 0 Å². The first-order chi connectivity index (χ1) is 17.9. The van der Waals surface area contributed by atoms with Crippen LogP contribution in [0.1, 0.15) is 38.2 Å². The van der Waals surface area contributed by atoms with Gasteiger partial charge < -0.3 is 14.6 Å². The van der Waals surface area contributed by atoms with Crippen molar-refractivity contribution in [2.45, 2.75) is 39.2 Å². The van der Waals surface area contributed by atoms with Gasteiger partial charge in [-0.2, -0.15) is 5.06 Å². The third-order valence-corrected chi connectivity index (χ3v) is 5.25. The summed E-state index contributed by atoms with van der Waals surface area (Å²) in [4.78, 5) is 26.9. The maximum atomic E-state index is 11.9. The maximum absolute atomic E-state index is 11.9. The summed E-state index contributed by atoms with van der Waals surface area (Å²) in [5.41, 5.74) is 2.14. The van der Waals surface area contributed by atoms with Crippen LogP contribution < -0.4 is 9.80 Å². The molecule has 1 N–H and O–H groups in total. The minimum Gasteiger partial charge on any atom is -0.478 e. The van der Waals surface area contributed by atoms with E-state index in [1.807, 2.05) is 24.3 Å². The number of carboxylic acids is 1. The number of hydrogen-bond donors (Lipinski definition) is 1. The Morgan fingerprint density at radius 1 is 1.08 bits per heavy atom. The molecule has 0 unspecified atom stereocenters. The van der Waals surface area contributed by atoms with E-state index in [4.69, 9.17) is 31.0 Å². The van der Waals surface area contributed by atoms with Crippen molar-refractivity contribution in [2.24, 2.45) is 0 Å². The molecule has 0 saturated heterocycles. The van der Waals surface area contributed by atoms with Crippen LogP contribution in [0.2, 0.25) is 5.02 Å². The smallest absolute Gasteiger partial charge is 0.438 e. The lowest BCUT2D eigenvalue weighted by molar-refractivity contribution is -0.131. The Labute approximate surface area is 221 Å². The fourth-order valence-corrected chi connectivity index (χ4v) is 3.28. The second-order valence-electron chi connectivity index (χ2n) is 7.68. The zero-order chi connectivity index (χ0) is 27.0. The minimum absolute atomic E-state index is 0.199. The van der Waals surface area contributed by atoms with Gasteiger partial charge in [0, 0.05) is 28.9 Å². The molecule has 0 radical (unpaired) electrons. The number of unbranched alkanes of at least 4 members (excludes halogenated alkanes) is 3. The number of nitrogens with zero attached hydrogens (tertiary/aromatic N) is 3. The number of aromatic nitrogens is 2. The number of hydroxylamine groups is 1. The number of amides is 1. The van der Waals surface area contributed by atoms with Crippen molar-refractivity contribution in [3.63, 3.8) is 0 Å². The van der Waals surface area contributed by atoms with Crippen LogP contribution in [0, 0.1) is 0 Å². The second-order valence-corrected chi connectivity index (χ2v) is 8.11. The number of para-hydroxylation sites is 1. The number of ether oxygens (including phenoxy) is 2. The molecule has 3 rings (SSSR count). The molecule has 0 spiro atoms. The lowest BCUT2D eigenvalue weighted by Gasteiger charge is -2.20. The lowest BCUT2D eigenvalue weighted by atomic mass is 10.2. The Bertz CT molecular complexity index is 1150. The maximum Gasteiger partial charge on any atom is 0.438 e. The Kier molecular flexibility index (Phi) is 12.7. The molecule has 0 saturated carbocycles. The number of anilines is 1. The van der Waals surface area contributed by atoms with Gasteiger partial charge in [0.05, 0.1) is 25.6 Å². The van der Waals surface area contributed by atoms with Crippen molar-refractivity contribution in [1.29, 1.82) is 0 Å². The lowest BCUT2D eigenvalue weighted by Crippen LogP contribution is -2.30. The van der Waals surface area contributed by atoms with Gasteiger partial charge in [0.2, 0.25) is 5.88 Å². The van der Waals surface area contributed by atoms with Gasteiger partial charge in [-0.15, -0.1) is 5.10 Å². The normalized spacial score (nSPS) is 10.5. The monoisotopic (exact) mass is 529 g/mol. The number of halogens is 1. The van der Waals surface area contributed by atoms with Crippen LogP contribution in [0.25, 0.3) is 5.69 Å². The molecule has 0 fully saturated rings. The SMILES string of the molecule is CCCCC/C=C/C(=O)O.COC(=O)N(OC)c1ccccc1COc1ccn(-c2ccc(Cl)cc2)n1. The number of hydrogen-bond acceptors (Lipinski definition) is 6. The van der Waals surface area contributed by atoms with Gasteiger partial charge in [-0.05, 0) is 43.2 Å². The summed E-state index contributed by atoms with van der Waals surface area (Å²) < 4.78 is 12.2. The number of methoxy groups -OCH3 is 1. The Balaban J connectivity index is 0.000000410. The Hall–Kier alpha value is -3.82. The van der Waals surface area contributed by atoms with Gasteiger partial charge in [-0.1, -0.05) is 55.6 Å². The average Bonchev–Trinajstić information content (AvgIpc) is 3.38. The van der Waals surface area contributed by atoms with Crippen LogP contribution in [0.15, 0.2) is 72.9 Å². The van der Waals surface area contributed by atoms with Crippen molar-refractivity contribution in [1.82, 2.24) is 9.78 Å². The summed E-state index contributed by atoms with van der Waals surface area (Å²) in [6, 6.07) is 16.3. The fourth-order valence-electron chi connectivity index (χ4n) is 3.16. The van der Waals surface area contributed by atoms with E-state index in [0.717, 1.165) is 29.2 Å². The average molecular weight is 530 g/mol. The van der Waals surface area contributed by atoms with Gasteiger partial charge in [0.1, 0.15) is 6.61 Å². The van der Waals surface area contributed by atoms with E-state index in [-0.39, 0.29) is 6.61 Å².